The van der Waals surface area contributed by atoms with Gasteiger partial charge in [-0.25, -0.2) is 0 Å². The molecule has 5 nitrogen and oxygen atoms in total. The van der Waals surface area contributed by atoms with Crippen LogP contribution < -0.4 is 0 Å². The van der Waals surface area contributed by atoms with Crippen LogP contribution in [0.3, 0.4) is 0 Å². The van der Waals surface area contributed by atoms with Gasteiger partial charge in [0.25, 0.3) is 0 Å². The summed E-state index contributed by atoms with van der Waals surface area (Å²) in [4.78, 5) is 15.9. The molecule has 0 aliphatic rings. The molecule has 1 aromatic carbocycles. The quantitative estimate of drug-likeness (QED) is 0.461. The Balaban J connectivity index is 1.61. The number of thioether (sulfide) groups is 1. The number of carbonyl (C=O) groups excluding carboxylic acids is 1. The number of carbonyl (C=O) groups is 1. The smallest absolute Gasteiger partial charge is 0.196 e. The molecule has 3 aromatic heterocycles. The van der Waals surface area contributed by atoms with Gasteiger partial charge in [0, 0.05) is 28.4 Å². The summed E-state index contributed by atoms with van der Waals surface area (Å²) in [6.07, 6.45) is 1.90. The topological polar surface area (TPSA) is 63.0 Å². The molecule has 0 saturated heterocycles. The Kier molecular flexibility index (Phi) is 3.38. The largest absolute Gasteiger partial charge is 0.358 e. The van der Waals surface area contributed by atoms with Crippen LogP contribution >= 0.6 is 11.8 Å². The Morgan fingerprint density at radius 2 is 2.00 bits per heavy atom. The Morgan fingerprint density at radius 1 is 1.17 bits per heavy atom. The molecule has 6 heteroatoms. The highest BCUT2D eigenvalue weighted by Crippen LogP contribution is 2.25. The number of aromatic nitrogens is 4. The molecule has 0 spiro atoms. The lowest BCUT2D eigenvalue weighted by molar-refractivity contribution is 0.102. The lowest BCUT2D eigenvalue weighted by Gasteiger charge is -2.01. The van der Waals surface area contributed by atoms with Crippen LogP contribution in [0.15, 0.2) is 53.8 Å². The number of hydrogen-bond acceptors (Lipinski definition) is 4. The molecule has 114 valence electrons. The molecular weight excluding hydrogens is 308 g/mol. The summed E-state index contributed by atoms with van der Waals surface area (Å²) in [5, 5.41) is 9.95. The molecular formula is C17H14N4OS. The molecule has 0 atom stereocenters. The summed E-state index contributed by atoms with van der Waals surface area (Å²) < 4.78 is 1.89. The number of fused-ring (bicyclic) bond motifs is 2. The van der Waals surface area contributed by atoms with Crippen LogP contribution in [0.4, 0.5) is 0 Å². The molecule has 0 bridgehead atoms. The summed E-state index contributed by atoms with van der Waals surface area (Å²) in [6.45, 7) is 1.93. The lowest BCUT2D eigenvalue weighted by atomic mass is 10.1. The Morgan fingerprint density at radius 3 is 2.91 bits per heavy atom. The molecule has 1 N–H and O–H groups in total. The fraction of sp³-hybridized carbons (Fsp3) is 0.118. The molecule has 0 fully saturated rings. The van der Waals surface area contributed by atoms with Crippen molar-refractivity contribution in [2.45, 2.75) is 12.1 Å². The van der Waals surface area contributed by atoms with E-state index in [9.17, 15) is 4.79 Å². The number of nitrogens with one attached hydrogen (secondary N) is 1. The van der Waals surface area contributed by atoms with E-state index >= 15 is 0 Å². The molecule has 3 heterocycles. The van der Waals surface area contributed by atoms with E-state index in [2.05, 4.69) is 15.2 Å². The van der Waals surface area contributed by atoms with Crippen molar-refractivity contribution in [3.63, 3.8) is 0 Å². The normalized spacial score (nSPS) is 11.3. The van der Waals surface area contributed by atoms with E-state index < -0.39 is 0 Å². The number of para-hydroxylation sites is 1. The second-order valence-electron chi connectivity index (χ2n) is 5.29. The maximum Gasteiger partial charge on any atom is 0.196 e. The first kappa shape index (κ1) is 14.0. The van der Waals surface area contributed by atoms with Crippen LogP contribution in [0, 0.1) is 6.92 Å². The number of ketones is 1. The number of nitrogens with zero attached hydrogens (tertiary/aromatic N) is 3. The second kappa shape index (κ2) is 5.55. The van der Waals surface area contributed by atoms with Crippen molar-refractivity contribution in [3.05, 3.63) is 59.9 Å². The monoisotopic (exact) mass is 322 g/mol. The third-order valence-corrected chi connectivity index (χ3v) is 4.73. The maximum absolute atomic E-state index is 12.7. The van der Waals surface area contributed by atoms with E-state index in [-0.39, 0.29) is 5.78 Å². The van der Waals surface area contributed by atoms with Crippen molar-refractivity contribution in [2.75, 3.05) is 5.75 Å². The van der Waals surface area contributed by atoms with E-state index in [0.717, 1.165) is 33.0 Å². The van der Waals surface area contributed by atoms with Crippen LogP contribution in [-0.2, 0) is 0 Å². The SMILES string of the molecule is Cc1[nH]c2ccccc2c1C(=O)CSc1nnc2ccccn12. The van der Waals surface area contributed by atoms with Gasteiger partial charge >= 0.3 is 0 Å². The Labute approximate surface area is 136 Å². The number of aryl methyl sites for hydroxylation is 1. The zero-order valence-electron chi connectivity index (χ0n) is 12.5. The van der Waals surface area contributed by atoms with Crippen LogP contribution in [0.1, 0.15) is 16.1 Å². The van der Waals surface area contributed by atoms with Gasteiger partial charge < -0.3 is 4.98 Å². The van der Waals surface area contributed by atoms with Crippen molar-refractivity contribution in [2.24, 2.45) is 0 Å². The highest BCUT2D eigenvalue weighted by Gasteiger charge is 2.17. The molecule has 0 aliphatic heterocycles. The van der Waals surface area contributed by atoms with Gasteiger partial charge in [-0.1, -0.05) is 36.0 Å². The summed E-state index contributed by atoms with van der Waals surface area (Å²) in [7, 11) is 0. The predicted molar refractivity (Wildman–Crippen MR) is 91.1 cm³/mol. The summed E-state index contributed by atoms with van der Waals surface area (Å²) >= 11 is 1.41. The number of Topliss-reactive ketones (excluding diaryl/α,β-unsaturated/α-hetero) is 1. The van der Waals surface area contributed by atoms with Crippen molar-refractivity contribution < 1.29 is 4.79 Å². The number of pyridine rings is 1. The van der Waals surface area contributed by atoms with Crippen LogP contribution in [-0.4, -0.2) is 31.1 Å². The number of benzene rings is 1. The third kappa shape index (κ3) is 2.41. The van der Waals surface area contributed by atoms with E-state index in [0.29, 0.717) is 5.75 Å². The number of aromatic amines is 1. The van der Waals surface area contributed by atoms with Gasteiger partial charge in [0.1, 0.15) is 0 Å². The van der Waals surface area contributed by atoms with Crippen LogP contribution in [0.5, 0.6) is 0 Å². The van der Waals surface area contributed by atoms with Gasteiger partial charge in [-0.05, 0) is 25.1 Å². The predicted octanol–water partition coefficient (Wildman–Crippen LogP) is 3.49. The highest BCUT2D eigenvalue weighted by molar-refractivity contribution is 7.99. The Bertz CT molecular complexity index is 1020. The molecule has 4 aromatic rings. The fourth-order valence-electron chi connectivity index (χ4n) is 2.76. The number of rotatable bonds is 4. The van der Waals surface area contributed by atoms with E-state index in [4.69, 9.17) is 0 Å². The zero-order valence-corrected chi connectivity index (χ0v) is 13.3. The minimum Gasteiger partial charge on any atom is -0.358 e. The average Bonchev–Trinajstić information content (AvgIpc) is 3.12. The maximum atomic E-state index is 12.7. The molecule has 0 radical (unpaired) electrons. The standard InChI is InChI=1S/C17H14N4OS/c1-11-16(12-6-2-3-7-13(12)18-11)14(22)10-23-17-20-19-15-8-4-5-9-21(15)17/h2-9,18H,10H2,1H3. The van der Waals surface area contributed by atoms with Crippen molar-refractivity contribution >= 4 is 34.1 Å². The van der Waals surface area contributed by atoms with Gasteiger partial charge in [0.15, 0.2) is 16.6 Å². The highest BCUT2D eigenvalue weighted by atomic mass is 32.2. The van der Waals surface area contributed by atoms with E-state index in [1.807, 2.05) is 60.0 Å². The zero-order chi connectivity index (χ0) is 15.8. The Hall–Kier alpha value is -2.60. The fourth-order valence-corrected chi connectivity index (χ4v) is 3.55. The minimum absolute atomic E-state index is 0.0950. The van der Waals surface area contributed by atoms with E-state index in [1.165, 1.54) is 11.8 Å². The van der Waals surface area contributed by atoms with Crippen molar-refractivity contribution in [3.8, 4) is 0 Å². The summed E-state index contributed by atoms with van der Waals surface area (Å²) in [5.41, 5.74) is 3.45. The van der Waals surface area contributed by atoms with Crippen LogP contribution in [0.25, 0.3) is 16.6 Å². The lowest BCUT2D eigenvalue weighted by Crippen LogP contribution is -2.04. The molecule has 0 amide bonds. The van der Waals surface area contributed by atoms with Crippen molar-refractivity contribution in [1.29, 1.82) is 0 Å². The van der Waals surface area contributed by atoms with Gasteiger partial charge in [-0.2, -0.15) is 0 Å². The van der Waals surface area contributed by atoms with E-state index in [1.54, 1.807) is 0 Å². The summed E-state index contributed by atoms with van der Waals surface area (Å²) in [6, 6.07) is 13.6. The molecule has 0 unspecified atom stereocenters. The number of hydrogen-bond donors (Lipinski definition) is 1. The molecule has 0 aliphatic carbocycles. The van der Waals surface area contributed by atoms with Crippen molar-refractivity contribution in [1.82, 2.24) is 19.6 Å². The van der Waals surface area contributed by atoms with Crippen LogP contribution in [0.2, 0.25) is 0 Å². The molecule has 4 rings (SSSR count). The molecule has 23 heavy (non-hydrogen) atoms. The number of H-pyrrole nitrogens is 1. The van der Waals surface area contributed by atoms with Gasteiger partial charge in [0.05, 0.1) is 5.75 Å². The first-order valence-corrected chi connectivity index (χ1v) is 8.25. The minimum atomic E-state index is 0.0950. The first-order valence-electron chi connectivity index (χ1n) is 7.27. The van der Waals surface area contributed by atoms with Gasteiger partial charge in [-0.15, -0.1) is 10.2 Å². The third-order valence-electron chi connectivity index (χ3n) is 3.79. The summed E-state index contributed by atoms with van der Waals surface area (Å²) in [5.74, 6) is 0.427. The molecule has 0 saturated carbocycles. The second-order valence-corrected chi connectivity index (χ2v) is 6.24. The average molecular weight is 322 g/mol. The van der Waals surface area contributed by atoms with Gasteiger partial charge in [0.2, 0.25) is 0 Å². The first-order chi connectivity index (χ1) is 11.2. The van der Waals surface area contributed by atoms with Gasteiger partial charge in [-0.3, -0.25) is 9.20 Å².